The average molecular weight is 224 g/mol. The van der Waals surface area contributed by atoms with Gasteiger partial charge in [0.25, 0.3) is 0 Å². The first-order valence-electron chi connectivity index (χ1n) is 5.49. The molecule has 16 heavy (non-hydrogen) atoms. The van der Waals surface area contributed by atoms with Gasteiger partial charge in [0, 0.05) is 0 Å². The first kappa shape index (κ1) is 11.1. The van der Waals surface area contributed by atoms with E-state index in [1.54, 1.807) is 4.57 Å². The summed E-state index contributed by atoms with van der Waals surface area (Å²) in [5, 5.41) is 9.00. The van der Waals surface area contributed by atoms with Gasteiger partial charge >= 0.3 is 5.97 Å². The van der Waals surface area contributed by atoms with Crippen LogP contribution in [0.4, 0.5) is 0 Å². The van der Waals surface area contributed by atoms with E-state index in [0.29, 0.717) is 6.54 Å². The van der Waals surface area contributed by atoms with E-state index in [1.165, 1.54) is 6.20 Å². The lowest BCUT2D eigenvalue weighted by molar-refractivity contribution is 0.0440. The minimum absolute atomic E-state index is 0.112. The fraction of sp³-hybridized carbons (Fsp3) is 0.636. The third-order valence-electron chi connectivity index (χ3n) is 2.98. The molecule has 0 saturated carbocycles. The molecule has 0 spiro atoms. The molecule has 1 aliphatic rings. The summed E-state index contributed by atoms with van der Waals surface area (Å²) in [5.41, 5.74) is 0.237. The topological polar surface area (TPSA) is 64.3 Å². The molecule has 0 aliphatic carbocycles. The van der Waals surface area contributed by atoms with Gasteiger partial charge in [-0.05, 0) is 26.7 Å². The zero-order valence-corrected chi connectivity index (χ0v) is 9.51. The monoisotopic (exact) mass is 224 g/mol. The molecule has 0 amide bonds. The second-order valence-electron chi connectivity index (χ2n) is 4.25. The molecule has 1 aromatic rings. The predicted molar refractivity (Wildman–Crippen MR) is 57.5 cm³/mol. The maximum atomic E-state index is 11.0. The van der Waals surface area contributed by atoms with E-state index in [0.717, 1.165) is 18.7 Å². The number of hydrogen-bond donors (Lipinski definition) is 1. The number of rotatable bonds is 3. The highest BCUT2D eigenvalue weighted by Crippen LogP contribution is 2.21. The lowest BCUT2D eigenvalue weighted by Gasteiger charge is -2.14. The normalized spacial score (nSPS) is 24.9. The van der Waals surface area contributed by atoms with Crippen LogP contribution in [0, 0.1) is 6.92 Å². The van der Waals surface area contributed by atoms with Gasteiger partial charge in [0.15, 0.2) is 0 Å². The summed E-state index contributed by atoms with van der Waals surface area (Å²) in [6, 6.07) is 0. The molecule has 0 bridgehead atoms. The number of carbonyl (C=O) groups is 1. The maximum Gasteiger partial charge on any atom is 0.354 e. The number of nitrogens with zero attached hydrogens (tertiary/aromatic N) is 2. The molecular weight excluding hydrogens is 208 g/mol. The molecule has 88 valence electrons. The van der Waals surface area contributed by atoms with Crippen molar-refractivity contribution >= 4 is 5.97 Å². The Morgan fingerprint density at radius 2 is 2.44 bits per heavy atom. The average Bonchev–Trinajstić information content (AvgIpc) is 2.76. The summed E-state index contributed by atoms with van der Waals surface area (Å²) < 4.78 is 7.40. The van der Waals surface area contributed by atoms with Crippen LogP contribution in [0.1, 0.15) is 36.1 Å². The molecule has 1 aliphatic heterocycles. The van der Waals surface area contributed by atoms with Crippen molar-refractivity contribution in [1.82, 2.24) is 9.55 Å². The lowest BCUT2D eigenvalue weighted by Crippen LogP contribution is -2.20. The van der Waals surface area contributed by atoms with Crippen LogP contribution in [0.3, 0.4) is 0 Å². The second-order valence-corrected chi connectivity index (χ2v) is 4.25. The first-order chi connectivity index (χ1) is 7.58. The number of carboxylic acids is 1. The molecule has 2 heterocycles. The van der Waals surface area contributed by atoms with Crippen LogP contribution in [0.2, 0.25) is 0 Å². The van der Waals surface area contributed by atoms with Crippen LogP contribution in [0.25, 0.3) is 0 Å². The highest BCUT2D eigenvalue weighted by atomic mass is 16.5. The fourth-order valence-corrected chi connectivity index (χ4v) is 2.09. The minimum atomic E-state index is -0.938. The van der Waals surface area contributed by atoms with Crippen LogP contribution >= 0.6 is 0 Å². The van der Waals surface area contributed by atoms with E-state index in [2.05, 4.69) is 4.98 Å². The molecule has 0 radical (unpaired) electrons. The van der Waals surface area contributed by atoms with Gasteiger partial charge in [-0.1, -0.05) is 0 Å². The predicted octanol–water partition coefficient (Wildman–Crippen LogP) is 1.46. The zero-order valence-electron chi connectivity index (χ0n) is 9.51. The number of aryl methyl sites for hydroxylation is 1. The molecule has 1 fully saturated rings. The molecule has 2 atom stereocenters. The Kier molecular flexibility index (Phi) is 2.96. The Hall–Kier alpha value is -1.36. The summed E-state index contributed by atoms with van der Waals surface area (Å²) in [7, 11) is 0. The molecule has 2 rings (SSSR count). The van der Waals surface area contributed by atoms with E-state index < -0.39 is 5.97 Å². The van der Waals surface area contributed by atoms with Crippen LogP contribution in [0.15, 0.2) is 6.20 Å². The Labute approximate surface area is 94.1 Å². The van der Waals surface area contributed by atoms with Gasteiger partial charge in [-0.3, -0.25) is 0 Å². The largest absolute Gasteiger partial charge is 0.477 e. The van der Waals surface area contributed by atoms with Gasteiger partial charge in [-0.25, -0.2) is 9.78 Å². The Balaban J connectivity index is 2.14. The van der Waals surface area contributed by atoms with E-state index in [-0.39, 0.29) is 17.9 Å². The second kappa shape index (κ2) is 4.25. The Morgan fingerprint density at radius 3 is 3.00 bits per heavy atom. The number of hydrogen-bond acceptors (Lipinski definition) is 3. The quantitative estimate of drug-likeness (QED) is 0.844. The maximum absolute atomic E-state index is 11.0. The van der Waals surface area contributed by atoms with Gasteiger partial charge in [-0.2, -0.15) is 0 Å². The summed E-state index contributed by atoms with van der Waals surface area (Å²) in [6.45, 7) is 4.43. The van der Waals surface area contributed by atoms with Crippen molar-refractivity contribution in [2.75, 3.05) is 0 Å². The van der Waals surface area contributed by atoms with Gasteiger partial charge in [0.2, 0.25) is 0 Å². The van der Waals surface area contributed by atoms with Gasteiger partial charge in [-0.15, -0.1) is 0 Å². The van der Waals surface area contributed by atoms with Crippen molar-refractivity contribution in [2.45, 2.75) is 45.4 Å². The van der Waals surface area contributed by atoms with Crippen molar-refractivity contribution in [3.63, 3.8) is 0 Å². The van der Waals surface area contributed by atoms with Crippen molar-refractivity contribution < 1.29 is 14.6 Å². The van der Waals surface area contributed by atoms with Crippen molar-refractivity contribution in [2.24, 2.45) is 0 Å². The molecule has 5 heteroatoms. The Bertz CT molecular complexity index is 400. The highest BCUT2D eigenvalue weighted by Gasteiger charge is 2.24. The number of carboxylic acid groups (broad SMARTS) is 1. The molecule has 1 N–H and O–H groups in total. The standard InChI is InChI=1S/C11H16N2O3/c1-7-3-4-9(16-7)6-13-8(2)12-5-10(13)11(14)15/h5,7,9H,3-4,6H2,1-2H3,(H,14,15). The van der Waals surface area contributed by atoms with Crippen LogP contribution in [-0.2, 0) is 11.3 Å². The summed E-state index contributed by atoms with van der Waals surface area (Å²) >= 11 is 0. The number of imidazole rings is 1. The van der Waals surface area contributed by atoms with Crippen LogP contribution < -0.4 is 0 Å². The van der Waals surface area contributed by atoms with Crippen LogP contribution in [-0.4, -0.2) is 32.8 Å². The molecule has 1 aromatic heterocycles. The molecule has 2 unspecified atom stereocenters. The van der Waals surface area contributed by atoms with Crippen molar-refractivity contribution in [3.05, 3.63) is 17.7 Å². The van der Waals surface area contributed by atoms with E-state index >= 15 is 0 Å². The summed E-state index contributed by atoms with van der Waals surface area (Å²) in [5.74, 6) is -0.216. The molecular formula is C11H16N2O3. The van der Waals surface area contributed by atoms with Crippen LogP contribution in [0.5, 0.6) is 0 Å². The number of aromatic nitrogens is 2. The van der Waals surface area contributed by atoms with Crippen molar-refractivity contribution in [1.29, 1.82) is 0 Å². The third kappa shape index (κ3) is 2.09. The SMILES string of the molecule is Cc1ncc(C(=O)O)n1CC1CCC(C)O1. The molecule has 5 nitrogen and oxygen atoms in total. The minimum Gasteiger partial charge on any atom is -0.477 e. The molecule has 1 saturated heterocycles. The first-order valence-corrected chi connectivity index (χ1v) is 5.49. The number of aromatic carboxylic acids is 1. The van der Waals surface area contributed by atoms with Gasteiger partial charge in [0.05, 0.1) is 24.9 Å². The Morgan fingerprint density at radius 1 is 1.69 bits per heavy atom. The summed E-state index contributed by atoms with van der Waals surface area (Å²) in [6.07, 6.45) is 3.82. The third-order valence-corrected chi connectivity index (χ3v) is 2.98. The molecule has 0 aromatic carbocycles. The van der Waals surface area contributed by atoms with E-state index in [9.17, 15) is 4.79 Å². The van der Waals surface area contributed by atoms with E-state index in [1.807, 2.05) is 13.8 Å². The van der Waals surface area contributed by atoms with Gasteiger partial charge in [0.1, 0.15) is 11.5 Å². The lowest BCUT2D eigenvalue weighted by atomic mass is 10.2. The van der Waals surface area contributed by atoms with Crippen molar-refractivity contribution in [3.8, 4) is 0 Å². The number of ether oxygens (including phenoxy) is 1. The highest BCUT2D eigenvalue weighted by molar-refractivity contribution is 5.85. The van der Waals surface area contributed by atoms with E-state index in [4.69, 9.17) is 9.84 Å². The smallest absolute Gasteiger partial charge is 0.354 e. The summed E-state index contributed by atoms with van der Waals surface area (Å²) in [4.78, 5) is 15.0. The van der Waals surface area contributed by atoms with Gasteiger partial charge < -0.3 is 14.4 Å². The zero-order chi connectivity index (χ0) is 11.7. The fourth-order valence-electron chi connectivity index (χ4n) is 2.09.